The second kappa shape index (κ2) is 6.06. The van der Waals surface area contributed by atoms with Gasteiger partial charge in [0.2, 0.25) is 0 Å². The van der Waals surface area contributed by atoms with Crippen molar-refractivity contribution in [2.24, 2.45) is 5.92 Å². The van der Waals surface area contributed by atoms with Crippen LogP contribution in [-0.4, -0.2) is 42.9 Å². The Labute approximate surface area is 148 Å². The highest BCUT2D eigenvalue weighted by molar-refractivity contribution is 5.82. The fraction of sp³-hybridized carbons (Fsp3) is 0.333. The van der Waals surface area contributed by atoms with Gasteiger partial charge in [-0.05, 0) is 37.0 Å². The Morgan fingerprint density at radius 3 is 2.96 bits per heavy atom. The summed E-state index contributed by atoms with van der Waals surface area (Å²) in [5, 5.41) is 9.46. The number of pyridine rings is 1. The highest BCUT2D eigenvalue weighted by Gasteiger charge is 2.18. The van der Waals surface area contributed by atoms with Crippen LogP contribution in [0.1, 0.15) is 12.8 Å². The Kier molecular flexibility index (Phi) is 3.56. The third-order valence-electron chi connectivity index (χ3n) is 5.01. The predicted molar refractivity (Wildman–Crippen MR) is 96.8 cm³/mol. The lowest BCUT2D eigenvalue weighted by Crippen LogP contribution is -2.25. The molecule has 132 valence electrons. The van der Waals surface area contributed by atoms with Crippen molar-refractivity contribution in [2.75, 3.05) is 13.2 Å². The number of imidazole rings is 1. The molecule has 4 aromatic rings. The maximum Gasteiger partial charge on any atom is 0.327 e. The van der Waals surface area contributed by atoms with Crippen LogP contribution >= 0.6 is 0 Å². The third-order valence-corrected chi connectivity index (χ3v) is 5.01. The van der Waals surface area contributed by atoms with E-state index >= 15 is 0 Å². The Balaban J connectivity index is 1.57. The molecule has 0 amide bonds. The van der Waals surface area contributed by atoms with Crippen LogP contribution in [0, 0.1) is 5.92 Å². The van der Waals surface area contributed by atoms with Gasteiger partial charge < -0.3 is 9.72 Å². The third kappa shape index (κ3) is 2.59. The van der Waals surface area contributed by atoms with E-state index in [-0.39, 0.29) is 5.69 Å². The number of fused-ring (bicyclic) bond motifs is 2. The van der Waals surface area contributed by atoms with Crippen LogP contribution in [-0.2, 0) is 11.3 Å². The molecule has 1 saturated heterocycles. The van der Waals surface area contributed by atoms with E-state index in [2.05, 4.69) is 25.1 Å². The summed E-state index contributed by atoms with van der Waals surface area (Å²) in [6.07, 6.45) is 5.51. The number of H-pyrrole nitrogens is 2. The first-order chi connectivity index (χ1) is 12.8. The summed E-state index contributed by atoms with van der Waals surface area (Å²) < 4.78 is 7.20. The van der Waals surface area contributed by atoms with Crippen molar-refractivity contribution >= 4 is 22.2 Å². The normalized spacial score (nSPS) is 15.8. The standard InChI is InChI=1S/C18H18N6O2/c25-18-21-17-15(24(18)10-11-2-5-26-6-3-11)8-13(9-20-17)14-7-12-1-4-19-16(12)23-22-14/h1,4,7-9,11H,2-3,5-6,10H2,(H,19,23)(H,20,21,25). The smallest absolute Gasteiger partial charge is 0.327 e. The zero-order chi connectivity index (χ0) is 17.5. The average molecular weight is 350 g/mol. The molecule has 0 saturated carbocycles. The van der Waals surface area contributed by atoms with Gasteiger partial charge in [0.05, 0.1) is 11.2 Å². The predicted octanol–water partition coefficient (Wildman–Crippen LogP) is 2.09. The van der Waals surface area contributed by atoms with E-state index in [9.17, 15) is 4.79 Å². The van der Waals surface area contributed by atoms with E-state index in [1.54, 1.807) is 10.8 Å². The summed E-state index contributed by atoms with van der Waals surface area (Å²) in [5.74, 6) is 0.445. The van der Waals surface area contributed by atoms with Gasteiger partial charge >= 0.3 is 5.69 Å². The fourth-order valence-electron chi connectivity index (χ4n) is 3.54. The lowest BCUT2D eigenvalue weighted by atomic mass is 10.0. The molecular formula is C18H18N6O2. The van der Waals surface area contributed by atoms with Crippen molar-refractivity contribution in [2.45, 2.75) is 19.4 Å². The van der Waals surface area contributed by atoms with E-state index in [1.807, 2.05) is 24.4 Å². The van der Waals surface area contributed by atoms with Gasteiger partial charge in [-0.25, -0.2) is 9.78 Å². The largest absolute Gasteiger partial charge is 0.381 e. The summed E-state index contributed by atoms with van der Waals surface area (Å²) in [7, 11) is 0. The molecule has 0 bridgehead atoms. The van der Waals surface area contributed by atoms with E-state index < -0.39 is 0 Å². The van der Waals surface area contributed by atoms with E-state index in [4.69, 9.17) is 4.74 Å². The van der Waals surface area contributed by atoms with E-state index in [0.717, 1.165) is 53.9 Å². The number of hydrogen-bond donors (Lipinski definition) is 2. The zero-order valence-corrected chi connectivity index (χ0v) is 14.1. The molecule has 0 aliphatic carbocycles. The van der Waals surface area contributed by atoms with Gasteiger partial charge in [0.15, 0.2) is 11.3 Å². The molecule has 5 heterocycles. The van der Waals surface area contributed by atoms with Crippen molar-refractivity contribution in [3.05, 3.63) is 41.1 Å². The number of hydrogen-bond acceptors (Lipinski definition) is 5. The minimum Gasteiger partial charge on any atom is -0.381 e. The highest BCUT2D eigenvalue weighted by Crippen LogP contribution is 2.23. The maximum atomic E-state index is 12.4. The van der Waals surface area contributed by atoms with Gasteiger partial charge in [-0.3, -0.25) is 9.55 Å². The molecule has 8 nitrogen and oxygen atoms in total. The molecule has 1 aliphatic heterocycles. The number of nitrogens with one attached hydrogen (secondary N) is 2. The molecule has 0 atom stereocenters. The van der Waals surface area contributed by atoms with Crippen LogP contribution in [0.2, 0.25) is 0 Å². The van der Waals surface area contributed by atoms with Crippen LogP contribution in [0.15, 0.2) is 35.4 Å². The Morgan fingerprint density at radius 2 is 2.08 bits per heavy atom. The molecular weight excluding hydrogens is 332 g/mol. The number of ether oxygens (including phenoxy) is 1. The van der Waals surface area contributed by atoms with E-state index in [1.165, 1.54) is 0 Å². The SMILES string of the molecule is O=c1[nH]c2ncc(-c3cc4cc[nH]c4nn3)cc2n1CC1CCOCC1. The van der Waals surface area contributed by atoms with Crippen molar-refractivity contribution in [1.82, 2.24) is 29.7 Å². The van der Waals surface area contributed by atoms with Gasteiger partial charge in [0.25, 0.3) is 0 Å². The Hall–Kier alpha value is -3.00. The minimum absolute atomic E-state index is 0.122. The topological polar surface area (TPSA) is 101 Å². The molecule has 0 spiro atoms. The number of aromatic nitrogens is 6. The second-order valence-corrected chi connectivity index (χ2v) is 6.70. The molecule has 1 fully saturated rings. The summed E-state index contributed by atoms with van der Waals surface area (Å²) in [6, 6.07) is 5.88. The quantitative estimate of drug-likeness (QED) is 0.589. The Morgan fingerprint density at radius 1 is 1.19 bits per heavy atom. The van der Waals surface area contributed by atoms with Gasteiger partial charge in [0.1, 0.15) is 0 Å². The fourth-order valence-corrected chi connectivity index (χ4v) is 3.54. The van der Waals surface area contributed by atoms with Crippen molar-refractivity contribution < 1.29 is 4.74 Å². The lowest BCUT2D eigenvalue weighted by molar-refractivity contribution is 0.0613. The molecule has 1 aliphatic rings. The molecule has 5 rings (SSSR count). The molecule has 26 heavy (non-hydrogen) atoms. The monoisotopic (exact) mass is 350 g/mol. The minimum atomic E-state index is -0.122. The Bertz CT molecular complexity index is 1140. The summed E-state index contributed by atoms with van der Waals surface area (Å²) in [4.78, 5) is 22.7. The van der Waals surface area contributed by atoms with E-state index in [0.29, 0.717) is 18.1 Å². The van der Waals surface area contributed by atoms with Crippen molar-refractivity contribution in [1.29, 1.82) is 0 Å². The summed E-state index contributed by atoms with van der Waals surface area (Å²) in [6.45, 7) is 2.20. The molecule has 0 unspecified atom stereocenters. The number of rotatable bonds is 3. The molecule has 2 N–H and O–H groups in total. The first kappa shape index (κ1) is 15.3. The summed E-state index contributed by atoms with van der Waals surface area (Å²) in [5.41, 5.74) is 3.60. The molecule has 8 heteroatoms. The summed E-state index contributed by atoms with van der Waals surface area (Å²) >= 11 is 0. The first-order valence-corrected chi connectivity index (χ1v) is 8.75. The van der Waals surface area contributed by atoms with Crippen molar-refractivity contribution in [3.63, 3.8) is 0 Å². The maximum absolute atomic E-state index is 12.4. The van der Waals surface area contributed by atoms with Gasteiger partial charge in [-0.2, -0.15) is 0 Å². The number of aromatic amines is 2. The second-order valence-electron chi connectivity index (χ2n) is 6.70. The van der Waals surface area contributed by atoms with Gasteiger partial charge in [-0.1, -0.05) is 0 Å². The molecule has 0 aromatic carbocycles. The van der Waals surface area contributed by atoms with Gasteiger partial charge in [-0.15, -0.1) is 10.2 Å². The highest BCUT2D eigenvalue weighted by atomic mass is 16.5. The number of nitrogens with zero attached hydrogens (tertiary/aromatic N) is 4. The van der Waals surface area contributed by atoms with Crippen LogP contribution in [0.5, 0.6) is 0 Å². The van der Waals surface area contributed by atoms with Gasteiger partial charge in [0, 0.05) is 43.1 Å². The lowest BCUT2D eigenvalue weighted by Gasteiger charge is -2.22. The van der Waals surface area contributed by atoms with Crippen LogP contribution in [0.4, 0.5) is 0 Å². The average Bonchev–Trinajstić information content (AvgIpc) is 3.26. The van der Waals surface area contributed by atoms with Crippen molar-refractivity contribution in [3.8, 4) is 11.3 Å². The zero-order valence-electron chi connectivity index (χ0n) is 14.1. The first-order valence-electron chi connectivity index (χ1n) is 8.75. The van der Waals surface area contributed by atoms with Crippen LogP contribution in [0.3, 0.4) is 0 Å². The molecule has 4 aromatic heterocycles. The van der Waals surface area contributed by atoms with Crippen LogP contribution < -0.4 is 5.69 Å². The van der Waals surface area contributed by atoms with Crippen LogP contribution in [0.25, 0.3) is 33.5 Å². The molecule has 0 radical (unpaired) electrons.